The standard InChI is InChI=1S/C24H37NO4S/c1-17(26)16-30-21-7-5-18(6-8-21)14-28-15-20-13-22(20)19-9-11-25(12-10-19)23(27)29-24(2,3)4/h5-7,19-22H,8-16H2,1-4H3/t20-,21?,22+/m0/s1. The maximum Gasteiger partial charge on any atom is 0.410 e. The first-order chi connectivity index (χ1) is 14.2. The Balaban J connectivity index is 1.28. The van der Waals surface area contributed by atoms with Crippen molar-refractivity contribution in [3.8, 4) is 0 Å². The van der Waals surface area contributed by atoms with Gasteiger partial charge in [0.1, 0.15) is 11.4 Å². The van der Waals surface area contributed by atoms with Crippen LogP contribution < -0.4 is 0 Å². The van der Waals surface area contributed by atoms with E-state index in [9.17, 15) is 9.59 Å². The van der Waals surface area contributed by atoms with E-state index >= 15 is 0 Å². The van der Waals surface area contributed by atoms with Crippen molar-refractivity contribution in [1.29, 1.82) is 0 Å². The number of piperidine rings is 1. The van der Waals surface area contributed by atoms with Gasteiger partial charge in [0.2, 0.25) is 0 Å². The highest BCUT2D eigenvalue weighted by Gasteiger charge is 2.44. The second kappa shape index (κ2) is 10.4. The molecule has 2 aliphatic carbocycles. The summed E-state index contributed by atoms with van der Waals surface area (Å²) in [5.74, 6) is 2.98. The Morgan fingerprint density at radius 1 is 1.23 bits per heavy atom. The second-order valence-electron chi connectivity index (χ2n) is 9.90. The third-order valence-corrected chi connectivity index (χ3v) is 7.36. The van der Waals surface area contributed by atoms with Gasteiger partial charge < -0.3 is 14.4 Å². The number of amides is 1. The van der Waals surface area contributed by atoms with Crippen LogP contribution in [0.25, 0.3) is 0 Å². The van der Waals surface area contributed by atoms with Gasteiger partial charge >= 0.3 is 6.09 Å². The van der Waals surface area contributed by atoms with Crippen LogP contribution in [0.2, 0.25) is 0 Å². The smallest absolute Gasteiger partial charge is 0.410 e. The highest BCUT2D eigenvalue weighted by atomic mass is 32.2. The van der Waals surface area contributed by atoms with Crippen molar-refractivity contribution >= 4 is 23.6 Å². The first-order valence-electron chi connectivity index (χ1n) is 11.2. The first kappa shape index (κ1) is 23.4. The Labute approximate surface area is 185 Å². The topological polar surface area (TPSA) is 55.8 Å². The normalized spacial score (nSPS) is 27.0. The summed E-state index contributed by atoms with van der Waals surface area (Å²) in [5, 5.41) is 0.414. The molecule has 0 aromatic heterocycles. The van der Waals surface area contributed by atoms with Gasteiger partial charge in [-0.05, 0) is 76.7 Å². The molecular weight excluding hydrogens is 398 g/mol. The molecule has 3 aliphatic rings. The first-order valence-corrected chi connectivity index (χ1v) is 12.3. The van der Waals surface area contributed by atoms with Crippen LogP contribution in [0.1, 0.15) is 53.4 Å². The Morgan fingerprint density at radius 3 is 2.57 bits per heavy atom. The van der Waals surface area contributed by atoms with Crippen molar-refractivity contribution in [1.82, 2.24) is 4.90 Å². The van der Waals surface area contributed by atoms with Crippen LogP contribution >= 0.6 is 11.8 Å². The summed E-state index contributed by atoms with van der Waals surface area (Å²) in [7, 11) is 0. The third kappa shape index (κ3) is 7.45. The van der Waals surface area contributed by atoms with E-state index in [1.54, 1.807) is 18.7 Å². The quantitative estimate of drug-likeness (QED) is 0.545. The zero-order valence-electron chi connectivity index (χ0n) is 18.9. The fourth-order valence-electron chi connectivity index (χ4n) is 4.30. The number of hydrogen-bond donors (Lipinski definition) is 0. The molecule has 1 saturated heterocycles. The van der Waals surface area contributed by atoms with Crippen molar-refractivity contribution in [3.05, 3.63) is 23.8 Å². The monoisotopic (exact) mass is 435 g/mol. The molecule has 6 heteroatoms. The lowest BCUT2D eigenvalue weighted by molar-refractivity contribution is -0.114. The molecule has 1 unspecified atom stereocenters. The molecule has 1 amide bonds. The van der Waals surface area contributed by atoms with E-state index < -0.39 is 5.60 Å². The predicted octanol–water partition coefficient (Wildman–Crippen LogP) is 4.86. The lowest BCUT2D eigenvalue weighted by Crippen LogP contribution is -2.42. The number of carbonyl (C=O) groups excluding carboxylic acids is 2. The van der Waals surface area contributed by atoms with Gasteiger partial charge in [-0.25, -0.2) is 4.79 Å². The molecule has 0 bridgehead atoms. The fraction of sp³-hybridized carbons (Fsp3) is 0.750. The van der Waals surface area contributed by atoms with E-state index in [1.807, 2.05) is 25.7 Å². The Hall–Kier alpha value is -1.27. The lowest BCUT2D eigenvalue weighted by atomic mass is 9.91. The predicted molar refractivity (Wildman–Crippen MR) is 122 cm³/mol. The lowest BCUT2D eigenvalue weighted by Gasteiger charge is -2.33. The van der Waals surface area contributed by atoms with Crippen LogP contribution in [0.4, 0.5) is 4.79 Å². The molecule has 1 saturated carbocycles. The Morgan fingerprint density at radius 2 is 1.97 bits per heavy atom. The number of allylic oxidation sites excluding steroid dienone is 1. The van der Waals surface area contributed by atoms with Crippen LogP contribution in [0.3, 0.4) is 0 Å². The molecule has 0 aromatic carbocycles. The maximum absolute atomic E-state index is 12.2. The molecule has 5 nitrogen and oxygen atoms in total. The number of ketones is 1. The van der Waals surface area contributed by atoms with Crippen LogP contribution in [0.5, 0.6) is 0 Å². The number of carbonyl (C=O) groups is 2. The summed E-state index contributed by atoms with van der Waals surface area (Å²) < 4.78 is 11.5. The Bertz CT molecular complexity index is 673. The highest BCUT2D eigenvalue weighted by Crippen LogP contribution is 2.48. The van der Waals surface area contributed by atoms with Gasteiger partial charge in [-0.15, -0.1) is 11.8 Å². The van der Waals surface area contributed by atoms with E-state index in [4.69, 9.17) is 9.47 Å². The van der Waals surface area contributed by atoms with Crippen molar-refractivity contribution in [2.45, 2.75) is 64.2 Å². The van der Waals surface area contributed by atoms with Crippen LogP contribution in [0, 0.1) is 17.8 Å². The van der Waals surface area contributed by atoms with Gasteiger partial charge in [0, 0.05) is 18.3 Å². The van der Waals surface area contributed by atoms with E-state index in [-0.39, 0.29) is 11.9 Å². The van der Waals surface area contributed by atoms with E-state index in [2.05, 4.69) is 18.2 Å². The largest absolute Gasteiger partial charge is 0.444 e. The molecule has 3 atom stereocenters. The SMILES string of the molecule is CC(=O)CSC1C=CC(COC[C@@H]2C[C@@H]2C2CCN(C(=O)OC(C)(C)C)CC2)=CC1. The second-order valence-corrected chi connectivity index (χ2v) is 11.1. The molecule has 168 valence electrons. The zero-order chi connectivity index (χ0) is 21.7. The van der Waals surface area contributed by atoms with Gasteiger partial charge in [0.05, 0.1) is 19.0 Å². The van der Waals surface area contributed by atoms with Crippen LogP contribution in [-0.4, -0.2) is 59.7 Å². The molecule has 1 aliphatic heterocycles. The summed E-state index contributed by atoms with van der Waals surface area (Å²) in [6.45, 7) is 10.5. The van der Waals surface area contributed by atoms with E-state index in [1.165, 1.54) is 12.0 Å². The van der Waals surface area contributed by atoms with E-state index in [0.717, 1.165) is 44.9 Å². The van der Waals surface area contributed by atoms with Gasteiger partial charge in [0.15, 0.2) is 0 Å². The summed E-state index contributed by atoms with van der Waals surface area (Å²) in [6, 6.07) is 0. The van der Waals surface area contributed by atoms with Crippen molar-refractivity contribution in [2.24, 2.45) is 17.8 Å². The van der Waals surface area contributed by atoms with Gasteiger partial charge in [0.25, 0.3) is 0 Å². The van der Waals surface area contributed by atoms with Gasteiger partial charge in [-0.3, -0.25) is 4.79 Å². The number of likely N-dealkylation sites (tertiary alicyclic amines) is 1. The van der Waals surface area contributed by atoms with Crippen LogP contribution in [-0.2, 0) is 14.3 Å². The van der Waals surface area contributed by atoms with Gasteiger partial charge in [-0.2, -0.15) is 0 Å². The maximum atomic E-state index is 12.2. The van der Waals surface area contributed by atoms with Gasteiger partial charge in [-0.1, -0.05) is 18.2 Å². The summed E-state index contributed by atoms with van der Waals surface area (Å²) in [5.41, 5.74) is 0.821. The highest BCUT2D eigenvalue weighted by molar-refractivity contribution is 8.00. The summed E-state index contributed by atoms with van der Waals surface area (Å²) in [6.07, 6.45) is 10.8. The molecule has 0 aromatic rings. The molecule has 30 heavy (non-hydrogen) atoms. The average molecular weight is 436 g/mol. The van der Waals surface area contributed by atoms with Crippen LogP contribution in [0.15, 0.2) is 23.8 Å². The minimum absolute atomic E-state index is 0.174. The molecule has 0 N–H and O–H groups in total. The number of thioether (sulfide) groups is 1. The van der Waals surface area contributed by atoms with Crippen molar-refractivity contribution in [2.75, 3.05) is 32.1 Å². The summed E-state index contributed by atoms with van der Waals surface area (Å²) >= 11 is 1.71. The van der Waals surface area contributed by atoms with Crippen molar-refractivity contribution < 1.29 is 19.1 Å². The average Bonchev–Trinajstić information content (AvgIpc) is 3.46. The fourth-order valence-corrected chi connectivity index (χ4v) is 5.18. The van der Waals surface area contributed by atoms with E-state index in [0.29, 0.717) is 29.4 Å². The number of nitrogens with zero attached hydrogens (tertiary/aromatic N) is 1. The molecular formula is C24H37NO4S. The molecule has 1 heterocycles. The minimum atomic E-state index is -0.426. The van der Waals surface area contributed by atoms with Crippen molar-refractivity contribution in [3.63, 3.8) is 0 Å². The number of rotatable bonds is 8. The number of ether oxygens (including phenoxy) is 2. The molecule has 3 rings (SSSR count). The minimum Gasteiger partial charge on any atom is -0.444 e. The molecule has 0 radical (unpaired) electrons. The Kier molecular flexibility index (Phi) is 8.08. The number of Topliss-reactive ketones (excluding diaryl/α,β-unsaturated/α-hetero) is 1. The third-order valence-electron chi connectivity index (χ3n) is 6.01. The molecule has 2 fully saturated rings. The number of hydrogen-bond acceptors (Lipinski definition) is 5. The summed E-state index contributed by atoms with van der Waals surface area (Å²) in [4.78, 5) is 25.2. The zero-order valence-corrected chi connectivity index (χ0v) is 19.7. The molecule has 0 spiro atoms.